The molecule has 3 N–H and O–H groups in total. The van der Waals surface area contributed by atoms with Crippen molar-refractivity contribution in [2.45, 2.75) is 52.1 Å². The number of hydrogen-bond donors (Lipinski definition) is 2. The van der Waals surface area contributed by atoms with Gasteiger partial charge in [0.25, 0.3) is 0 Å². The summed E-state index contributed by atoms with van der Waals surface area (Å²) in [5.41, 5.74) is 8.11. The second-order valence-electron chi connectivity index (χ2n) is 5.40. The van der Waals surface area contributed by atoms with Crippen molar-refractivity contribution in [3.05, 3.63) is 29.8 Å². The third-order valence-electron chi connectivity index (χ3n) is 3.51. The molecule has 1 rings (SSSR count). The van der Waals surface area contributed by atoms with E-state index in [9.17, 15) is 0 Å². The molecule has 0 bridgehead atoms. The SMILES string of the molecule is CC(C)N(CCCCCCO)Cc1ccccc1N. The maximum Gasteiger partial charge on any atom is 0.0431 e. The predicted molar refractivity (Wildman–Crippen MR) is 82.0 cm³/mol. The van der Waals surface area contributed by atoms with Gasteiger partial charge in [0.15, 0.2) is 0 Å². The first-order chi connectivity index (χ1) is 9.15. The molecule has 0 unspecified atom stereocenters. The van der Waals surface area contributed by atoms with Gasteiger partial charge < -0.3 is 10.8 Å². The molecule has 1 aromatic carbocycles. The average molecular weight is 264 g/mol. The first-order valence-electron chi connectivity index (χ1n) is 7.33. The van der Waals surface area contributed by atoms with E-state index < -0.39 is 0 Å². The minimum absolute atomic E-state index is 0.314. The fourth-order valence-electron chi connectivity index (χ4n) is 2.20. The fraction of sp³-hybridized carbons (Fsp3) is 0.625. The zero-order valence-electron chi connectivity index (χ0n) is 12.3. The Hall–Kier alpha value is -1.06. The summed E-state index contributed by atoms with van der Waals surface area (Å²) in [7, 11) is 0. The maximum absolute atomic E-state index is 8.76. The molecule has 3 nitrogen and oxygen atoms in total. The molecule has 3 heteroatoms. The van der Waals surface area contributed by atoms with Crippen LogP contribution in [0.1, 0.15) is 45.1 Å². The highest BCUT2D eigenvalue weighted by Gasteiger charge is 2.11. The molecule has 1 aromatic rings. The monoisotopic (exact) mass is 264 g/mol. The quantitative estimate of drug-likeness (QED) is 0.532. The Balaban J connectivity index is 2.43. The van der Waals surface area contributed by atoms with Gasteiger partial charge in [0, 0.05) is 24.9 Å². The highest BCUT2D eigenvalue weighted by molar-refractivity contribution is 5.46. The van der Waals surface area contributed by atoms with Gasteiger partial charge in [-0.2, -0.15) is 0 Å². The van der Waals surface area contributed by atoms with Gasteiger partial charge in [-0.1, -0.05) is 31.0 Å². The number of nitrogen functional groups attached to an aromatic ring is 1. The Kier molecular flexibility index (Phi) is 7.53. The molecule has 0 aliphatic carbocycles. The first-order valence-corrected chi connectivity index (χ1v) is 7.33. The lowest BCUT2D eigenvalue weighted by atomic mass is 10.1. The molecule has 0 spiro atoms. The van der Waals surface area contributed by atoms with Gasteiger partial charge in [-0.05, 0) is 44.9 Å². The molecule has 0 fully saturated rings. The van der Waals surface area contributed by atoms with Crippen molar-refractivity contribution in [2.75, 3.05) is 18.9 Å². The zero-order valence-corrected chi connectivity index (χ0v) is 12.3. The summed E-state index contributed by atoms with van der Waals surface area (Å²) in [4.78, 5) is 2.46. The molecule has 19 heavy (non-hydrogen) atoms. The second kappa shape index (κ2) is 8.94. The van der Waals surface area contributed by atoms with Crippen LogP contribution < -0.4 is 5.73 Å². The number of anilines is 1. The maximum atomic E-state index is 8.76. The second-order valence-corrected chi connectivity index (χ2v) is 5.40. The Morgan fingerprint density at radius 2 is 1.79 bits per heavy atom. The van der Waals surface area contributed by atoms with Crippen LogP contribution in [-0.2, 0) is 6.54 Å². The fourth-order valence-corrected chi connectivity index (χ4v) is 2.20. The van der Waals surface area contributed by atoms with E-state index in [4.69, 9.17) is 10.8 Å². The van der Waals surface area contributed by atoms with Gasteiger partial charge in [0.1, 0.15) is 0 Å². The molecule has 0 atom stereocenters. The van der Waals surface area contributed by atoms with Crippen LogP contribution in [0.15, 0.2) is 24.3 Å². The highest BCUT2D eigenvalue weighted by atomic mass is 16.2. The van der Waals surface area contributed by atoms with Gasteiger partial charge in [-0.3, -0.25) is 4.90 Å². The number of benzene rings is 1. The minimum Gasteiger partial charge on any atom is -0.398 e. The van der Waals surface area contributed by atoms with E-state index in [0.717, 1.165) is 31.6 Å². The largest absolute Gasteiger partial charge is 0.398 e. The number of aliphatic hydroxyl groups excluding tert-OH is 1. The molecule has 0 aromatic heterocycles. The van der Waals surface area contributed by atoms with Gasteiger partial charge in [0.2, 0.25) is 0 Å². The third-order valence-corrected chi connectivity index (χ3v) is 3.51. The van der Waals surface area contributed by atoms with Crippen molar-refractivity contribution in [1.82, 2.24) is 4.90 Å². The van der Waals surface area contributed by atoms with Crippen LogP contribution in [0.4, 0.5) is 5.69 Å². The first kappa shape index (κ1) is 16.0. The minimum atomic E-state index is 0.314. The van der Waals surface area contributed by atoms with Crippen LogP contribution in [0.2, 0.25) is 0 Å². The summed E-state index contributed by atoms with van der Waals surface area (Å²) >= 11 is 0. The zero-order chi connectivity index (χ0) is 14.1. The Labute approximate surface area is 117 Å². The molecule has 0 amide bonds. The van der Waals surface area contributed by atoms with E-state index in [1.807, 2.05) is 18.2 Å². The van der Waals surface area contributed by atoms with Gasteiger partial charge in [0.05, 0.1) is 0 Å². The molecular formula is C16H28N2O. The van der Waals surface area contributed by atoms with E-state index in [-0.39, 0.29) is 0 Å². The summed E-state index contributed by atoms with van der Waals surface area (Å²) < 4.78 is 0. The Bertz CT molecular complexity index is 352. The van der Waals surface area contributed by atoms with E-state index in [0.29, 0.717) is 12.6 Å². The average Bonchev–Trinajstić information content (AvgIpc) is 2.39. The number of rotatable bonds is 9. The number of unbranched alkanes of at least 4 members (excludes halogenated alkanes) is 3. The van der Waals surface area contributed by atoms with Gasteiger partial charge >= 0.3 is 0 Å². The van der Waals surface area contributed by atoms with Gasteiger partial charge in [-0.15, -0.1) is 0 Å². The third kappa shape index (κ3) is 6.08. The Morgan fingerprint density at radius 1 is 1.11 bits per heavy atom. The summed E-state index contributed by atoms with van der Waals surface area (Å²) in [6, 6.07) is 8.63. The molecule has 0 radical (unpaired) electrons. The van der Waals surface area contributed by atoms with Crippen LogP contribution >= 0.6 is 0 Å². The van der Waals surface area contributed by atoms with E-state index in [2.05, 4.69) is 24.8 Å². The van der Waals surface area contributed by atoms with Crippen LogP contribution in [0.5, 0.6) is 0 Å². The number of para-hydroxylation sites is 1. The summed E-state index contributed by atoms with van der Waals surface area (Å²) in [5.74, 6) is 0. The predicted octanol–water partition coefficient (Wildman–Crippen LogP) is 3.03. The number of nitrogens with two attached hydrogens (primary N) is 1. The molecular weight excluding hydrogens is 236 g/mol. The smallest absolute Gasteiger partial charge is 0.0431 e. The summed E-state index contributed by atoms with van der Waals surface area (Å²) in [6.45, 7) is 6.79. The van der Waals surface area contributed by atoms with E-state index in [1.165, 1.54) is 18.4 Å². The van der Waals surface area contributed by atoms with Crippen molar-refractivity contribution in [1.29, 1.82) is 0 Å². The summed E-state index contributed by atoms with van der Waals surface area (Å²) in [5, 5.41) is 8.76. The molecule has 0 heterocycles. The molecule has 0 saturated heterocycles. The number of aliphatic hydroxyl groups is 1. The normalized spacial score (nSPS) is 11.4. The van der Waals surface area contributed by atoms with Crippen molar-refractivity contribution < 1.29 is 5.11 Å². The Morgan fingerprint density at radius 3 is 2.42 bits per heavy atom. The van der Waals surface area contributed by atoms with Crippen molar-refractivity contribution >= 4 is 5.69 Å². The summed E-state index contributed by atoms with van der Waals surface area (Å²) in [6.07, 6.45) is 4.42. The molecule has 0 aliphatic heterocycles. The topological polar surface area (TPSA) is 49.5 Å². The van der Waals surface area contributed by atoms with Crippen LogP contribution in [0, 0.1) is 0 Å². The molecule has 0 saturated carbocycles. The van der Waals surface area contributed by atoms with Crippen molar-refractivity contribution in [2.24, 2.45) is 0 Å². The lowest BCUT2D eigenvalue weighted by molar-refractivity contribution is 0.207. The van der Waals surface area contributed by atoms with Crippen LogP contribution in [-0.4, -0.2) is 29.2 Å². The highest BCUT2D eigenvalue weighted by Crippen LogP contribution is 2.16. The van der Waals surface area contributed by atoms with E-state index >= 15 is 0 Å². The van der Waals surface area contributed by atoms with Crippen molar-refractivity contribution in [3.8, 4) is 0 Å². The lowest BCUT2D eigenvalue weighted by Crippen LogP contribution is -2.31. The standard InChI is InChI=1S/C16H28N2O/c1-14(2)18(11-7-3-4-8-12-19)13-15-9-5-6-10-16(15)17/h5-6,9-10,14,19H,3-4,7-8,11-13,17H2,1-2H3. The van der Waals surface area contributed by atoms with Gasteiger partial charge in [-0.25, -0.2) is 0 Å². The van der Waals surface area contributed by atoms with Crippen molar-refractivity contribution in [3.63, 3.8) is 0 Å². The molecule has 108 valence electrons. The number of nitrogens with zero attached hydrogens (tertiary/aromatic N) is 1. The van der Waals surface area contributed by atoms with E-state index in [1.54, 1.807) is 0 Å². The van der Waals surface area contributed by atoms with Crippen LogP contribution in [0.3, 0.4) is 0 Å². The molecule has 0 aliphatic rings. The number of hydrogen-bond acceptors (Lipinski definition) is 3. The lowest BCUT2D eigenvalue weighted by Gasteiger charge is -2.27. The van der Waals surface area contributed by atoms with Crippen LogP contribution in [0.25, 0.3) is 0 Å².